The highest BCUT2D eigenvalue weighted by Crippen LogP contribution is 2.24. The van der Waals surface area contributed by atoms with Crippen molar-refractivity contribution >= 4 is 5.91 Å². The van der Waals surface area contributed by atoms with E-state index in [2.05, 4.69) is 5.32 Å². The smallest absolute Gasteiger partial charge is 0.286 e. The van der Waals surface area contributed by atoms with Gasteiger partial charge < -0.3 is 15.2 Å². The molecule has 1 aliphatic carbocycles. The lowest BCUT2D eigenvalue weighted by molar-refractivity contribution is -0.121. The maximum atomic E-state index is 11.7. The number of ether oxygens (including phenoxy) is 1. The van der Waals surface area contributed by atoms with E-state index in [1.165, 1.54) is 0 Å². The molecule has 1 aliphatic heterocycles. The third-order valence-corrected chi connectivity index (χ3v) is 3.30. The molecular weight excluding hydrogens is 206 g/mol. The maximum absolute atomic E-state index is 11.7. The van der Waals surface area contributed by atoms with E-state index >= 15 is 0 Å². The monoisotopic (exact) mass is 225 g/mol. The molecule has 2 unspecified atom stereocenters. The first kappa shape index (κ1) is 11.5. The van der Waals surface area contributed by atoms with Crippen LogP contribution in [0.5, 0.6) is 0 Å². The molecule has 2 atom stereocenters. The van der Waals surface area contributed by atoms with Gasteiger partial charge in [-0.15, -0.1) is 0 Å². The minimum atomic E-state index is -0.249. The lowest BCUT2D eigenvalue weighted by atomic mass is 10.1. The summed E-state index contributed by atoms with van der Waals surface area (Å²) in [7, 11) is 0. The van der Waals surface area contributed by atoms with Crippen molar-refractivity contribution in [3.8, 4) is 0 Å². The number of amides is 1. The first-order valence-electron chi connectivity index (χ1n) is 6.06. The van der Waals surface area contributed by atoms with Crippen LogP contribution >= 0.6 is 0 Å². The van der Waals surface area contributed by atoms with Crippen molar-refractivity contribution in [1.82, 2.24) is 5.32 Å². The number of aliphatic hydroxyl groups is 1. The molecule has 2 rings (SSSR count). The highest BCUT2D eigenvalue weighted by Gasteiger charge is 2.26. The van der Waals surface area contributed by atoms with Crippen LogP contribution in [0.15, 0.2) is 11.8 Å². The van der Waals surface area contributed by atoms with Gasteiger partial charge in [0.15, 0.2) is 5.76 Å². The largest absolute Gasteiger partial charge is 0.488 e. The van der Waals surface area contributed by atoms with Crippen LogP contribution in [0.1, 0.15) is 32.1 Å². The van der Waals surface area contributed by atoms with Crippen molar-refractivity contribution in [3.63, 3.8) is 0 Å². The Bertz CT molecular complexity index is 288. The SMILES string of the molecule is O=C(NCC1CCCC1O)C1=CCCCO1. The normalized spacial score (nSPS) is 29.4. The van der Waals surface area contributed by atoms with Gasteiger partial charge in [0.1, 0.15) is 0 Å². The third-order valence-electron chi connectivity index (χ3n) is 3.30. The van der Waals surface area contributed by atoms with E-state index in [0.29, 0.717) is 18.9 Å². The van der Waals surface area contributed by atoms with Crippen LogP contribution < -0.4 is 5.32 Å². The number of carbonyl (C=O) groups is 1. The molecule has 1 amide bonds. The van der Waals surface area contributed by atoms with Gasteiger partial charge in [-0.3, -0.25) is 4.79 Å². The molecule has 1 saturated carbocycles. The predicted octanol–water partition coefficient (Wildman–Crippen LogP) is 0.958. The Morgan fingerprint density at radius 2 is 2.38 bits per heavy atom. The Hall–Kier alpha value is -1.03. The Morgan fingerprint density at radius 3 is 3.00 bits per heavy atom. The molecule has 4 heteroatoms. The molecule has 0 aromatic heterocycles. The third kappa shape index (κ3) is 2.76. The van der Waals surface area contributed by atoms with Crippen LogP contribution in [0.2, 0.25) is 0 Å². The summed E-state index contributed by atoms with van der Waals surface area (Å²) in [6.07, 6.45) is 6.40. The second-order valence-electron chi connectivity index (χ2n) is 4.53. The fraction of sp³-hybridized carbons (Fsp3) is 0.750. The van der Waals surface area contributed by atoms with E-state index < -0.39 is 0 Å². The standard InChI is InChI=1S/C12H19NO3/c14-10-5-3-4-9(10)8-13-12(15)11-6-1-2-7-16-11/h6,9-10,14H,1-5,7-8H2,(H,13,15). The van der Waals surface area contributed by atoms with Crippen LogP contribution in [0.25, 0.3) is 0 Å². The number of allylic oxidation sites excluding steroid dienone is 1. The van der Waals surface area contributed by atoms with Crippen LogP contribution in [-0.2, 0) is 9.53 Å². The molecule has 90 valence electrons. The van der Waals surface area contributed by atoms with Crippen molar-refractivity contribution < 1.29 is 14.6 Å². The van der Waals surface area contributed by atoms with Crippen molar-refractivity contribution in [1.29, 1.82) is 0 Å². The summed E-state index contributed by atoms with van der Waals surface area (Å²) in [4.78, 5) is 11.7. The Morgan fingerprint density at radius 1 is 1.50 bits per heavy atom. The van der Waals surface area contributed by atoms with E-state index in [9.17, 15) is 9.90 Å². The number of nitrogens with one attached hydrogen (secondary N) is 1. The number of aliphatic hydroxyl groups excluding tert-OH is 1. The van der Waals surface area contributed by atoms with Crippen molar-refractivity contribution in [2.75, 3.05) is 13.2 Å². The molecule has 0 bridgehead atoms. The average Bonchev–Trinajstić information content (AvgIpc) is 2.73. The van der Waals surface area contributed by atoms with Crippen LogP contribution in [-0.4, -0.2) is 30.3 Å². The molecule has 0 aromatic rings. The van der Waals surface area contributed by atoms with Gasteiger partial charge in [-0.05, 0) is 31.8 Å². The number of rotatable bonds is 3. The second kappa shape index (κ2) is 5.34. The Labute approximate surface area is 95.7 Å². The van der Waals surface area contributed by atoms with E-state index in [-0.39, 0.29) is 17.9 Å². The number of hydrogen-bond acceptors (Lipinski definition) is 3. The maximum Gasteiger partial charge on any atom is 0.286 e. The topological polar surface area (TPSA) is 58.6 Å². The molecule has 1 fully saturated rings. The van der Waals surface area contributed by atoms with E-state index in [1.54, 1.807) is 0 Å². The zero-order chi connectivity index (χ0) is 11.4. The fourth-order valence-electron chi connectivity index (χ4n) is 2.28. The summed E-state index contributed by atoms with van der Waals surface area (Å²) in [5.74, 6) is 0.519. The average molecular weight is 225 g/mol. The highest BCUT2D eigenvalue weighted by atomic mass is 16.5. The molecule has 16 heavy (non-hydrogen) atoms. The van der Waals surface area contributed by atoms with Gasteiger partial charge in [-0.2, -0.15) is 0 Å². The fourth-order valence-corrected chi connectivity index (χ4v) is 2.28. The van der Waals surface area contributed by atoms with Gasteiger partial charge in [0, 0.05) is 12.5 Å². The lowest BCUT2D eigenvalue weighted by Crippen LogP contribution is -2.34. The number of carbonyl (C=O) groups excluding carboxylic acids is 1. The molecule has 2 aliphatic rings. The summed E-state index contributed by atoms with van der Waals surface area (Å²) in [5.41, 5.74) is 0. The summed E-state index contributed by atoms with van der Waals surface area (Å²) >= 11 is 0. The quantitative estimate of drug-likeness (QED) is 0.752. The Kier molecular flexibility index (Phi) is 3.83. The molecule has 0 spiro atoms. The molecule has 0 saturated heterocycles. The minimum Gasteiger partial charge on any atom is -0.488 e. The zero-order valence-electron chi connectivity index (χ0n) is 9.45. The van der Waals surface area contributed by atoms with Crippen LogP contribution in [0, 0.1) is 5.92 Å². The first-order chi connectivity index (χ1) is 7.77. The summed E-state index contributed by atoms with van der Waals surface area (Å²) in [6, 6.07) is 0. The van der Waals surface area contributed by atoms with Crippen molar-refractivity contribution in [2.24, 2.45) is 5.92 Å². The minimum absolute atomic E-state index is 0.140. The second-order valence-corrected chi connectivity index (χ2v) is 4.53. The van der Waals surface area contributed by atoms with Gasteiger partial charge in [0.25, 0.3) is 5.91 Å². The van der Waals surface area contributed by atoms with E-state index in [0.717, 1.165) is 32.1 Å². The highest BCUT2D eigenvalue weighted by molar-refractivity contribution is 5.91. The van der Waals surface area contributed by atoms with Crippen molar-refractivity contribution in [3.05, 3.63) is 11.8 Å². The molecular formula is C12H19NO3. The van der Waals surface area contributed by atoms with Gasteiger partial charge in [-0.25, -0.2) is 0 Å². The summed E-state index contributed by atoms with van der Waals surface area (Å²) in [6.45, 7) is 1.19. The van der Waals surface area contributed by atoms with Gasteiger partial charge >= 0.3 is 0 Å². The predicted molar refractivity (Wildman–Crippen MR) is 59.6 cm³/mol. The molecule has 1 heterocycles. The lowest BCUT2D eigenvalue weighted by Gasteiger charge is -2.17. The molecule has 4 nitrogen and oxygen atoms in total. The summed E-state index contributed by atoms with van der Waals surface area (Å²) in [5, 5.41) is 12.4. The van der Waals surface area contributed by atoms with Gasteiger partial charge in [0.2, 0.25) is 0 Å². The van der Waals surface area contributed by atoms with E-state index in [1.807, 2.05) is 6.08 Å². The van der Waals surface area contributed by atoms with Crippen LogP contribution in [0.4, 0.5) is 0 Å². The van der Waals surface area contributed by atoms with Gasteiger partial charge in [-0.1, -0.05) is 6.42 Å². The Balaban J connectivity index is 1.76. The molecule has 0 radical (unpaired) electrons. The zero-order valence-corrected chi connectivity index (χ0v) is 9.45. The van der Waals surface area contributed by atoms with Crippen molar-refractivity contribution in [2.45, 2.75) is 38.2 Å². The molecule has 2 N–H and O–H groups in total. The summed E-state index contributed by atoms with van der Waals surface area (Å²) < 4.78 is 5.27. The number of hydrogen-bond donors (Lipinski definition) is 2. The van der Waals surface area contributed by atoms with E-state index in [4.69, 9.17) is 4.74 Å². The van der Waals surface area contributed by atoms with Crippen LogP contribution in [0.3, 0.4) is 0 Å². The van der Waals surface area contributed by atoms with Gasteiger partial charge in [0.05, 0.1) is 12.7 Å². The first-order valence-corrected chi connectivity index (χ1v) is 6.06. The molecule has 0 aromatic carbocycles.